The highest BCUT2D eigenvalue weighted by Crippen LogP contribution is 2.14. The van der Waals surface area contributed by atoms with Gasteiger partial charge >= 0.3 is 6.01 Å². The molecule has 9 heteroatoms. The lowest BCUT2D eigenvalue weighted by molar-refractivity contribution is -0.758. The van der Waals surface area contributed by atoms with Crippen molar-refractivity contribution in [3.63, 3.8) is 0 Å². The number of ether oxygens (including phenoxy) is 3. The predicted octanol–water partition coefficient (Wildman–Crippen LogP) is 8.62. The molecule has 2 rings (SSSR count). The van der Waals surface area contributed by atoms with Crippen LogP contribution in [0.1, 0.15) is 136 Å². The Kier molecular flexibility index (Phi) is 23.7. The molecular weight excluding hydrogens is 579 g/mol. The van der Waals surface area contributed by atoms with Crippen LogP contribution in [0.15, 0.2) is 35.5 Å². The number of nitrogens with zero attached hydrogens (tertiary/aromatic N) is 3. The summed E-state index contributed by atoms with van der Waals surface area (Å²) in [6, 6.07) is 2.06. The van der Waals surface area contributed by atoms with E-state index in [4.69, 9.17) is 14.2 Å². The summed E-state index contributed by atoms with van der Waals surface area (Å²) in [4.78, 5) is 8.35. The first-order valence-corrected chi connectivity index (χ1v) is 19.6. The first kappa shape index (κ1) is 37.8. The third-order valence-corrected chi connectivity index (χ3v) is 9.77. The van der Waals surface area contributed by atoms with Crippen molar-refractivity contribution < 1.29 is 23.0 Å². The average molecular weight is 639 g/mol. The SMILES string of the molecule is CCCCCCCCCCCCCCCCCCOCC(CS(=O)CCCOC(CC)[n+]1ccsc1)Oc1ncccn1. The van der Waals surface area contributed by atoms with Gasteiger partial charge in [-0.1, -0.05) is 121 Å². The normalized spacial score (nSPS) is 13.6. The fourth-order valence-electron chi connectivity index (χ4n) is 5.13. The molecular formula is C34H60N3O4S2+. The van der Waals surface area contributed by atoms with Crippen LogP contribution in [0.5, 0.6) is 6.01 Å². The molecule has 0 spiro atoms. The molecule has 0 saturated heterocycles. The highest BCUT2D eigenvalue weighted by molar-refractivity contribution is 7.85. The highest BCUT2D eigenvalue weighted by Gasteiger charge is 2.19. The van der Waals surface area contributed by atoms with E-state index in [2.05, 4.69) is 33.9 Å². The van der Waals surface area contributed by atoms with E-state index in [1.165, 1.54) is 96.3 Å². The largest absolute Gasteiger partial charge is 0.457 e. The second-order valence-electron chi connectivity index (χ2n) is 11.5. The molecule has 0 radical (unpaired) electrons. The molecule has 7 nitrogen and oxygen atoms in total. The molecule has 0 aliphatic rings. The maximum Gasteiger partial charge on any atom is 0.316 e. The standard InChI is InChI=1S/C34H60N3O4S2/c1-3-5-6-7-8-9-10-11-12-13-14-15-16-17-18-19-25-39-29-32(41-34-35-22-20-23-36-34)30-43(38)28-21-26-40-33(4-2)37-24-27-42-31-37/h20,22-24,27,31-33H,3-19,21,25-26,28-30H2,1-2H3/q+1. The van der Waals surface area contributed by atoms with Crippen molar-refractivity contribution >= 4 is 22.1 Å². The summed E-state index contributed by atoms with van der Waals surface area (Å²) in [5.74, 6) is 0.965. The van der Waals surface area contributed by atoms with Crippen LogP contribution in [0.25, 0.3) is 0 Å². The van der Waals surface area contributed by atoms with Crippen LogP contribution in [-0.2, 0) is 20.3 Å². The lowest BCUT2D eigenvalue weighted by atomic mass is 10.0. The summed E-state index contributed by atoms with van der Waals surface area (Å²) in [7, 11) is -1.04. The molecule has 0 amide bonds. The van der Waals surface area contributed by atoms with Crippen LogP contribution >= 0.6 is 11.3 Å². The molecule has 3 atom stereocenters. The van der Waals surface area contributed by atoms with E-state index in [-0.39, 0.29) is 12.3 Å². The number of aromatic nitrogens is 3. The van der Waals surface area contributed by atoms with E-state index < -0.39 is 10.8 Å². The maximum absolute atomic E-state index is 12.9. The van der Waals surface area contributed by atoms with Crippen LogP contribution in [0.4, 0.5) is 0 Å². The molecule has 3 unspecified atom stereocenters. The van der Waals surface area contributed by atoms with Crippen LogP contribution in [-0.4, -0.2) is 51.6 Å². The number of rotatable bonds is 30. The number of unbranched alkanes of at least 4 members (excludes halogenated alkanes) is 15. The third kappa shape index (κ3) is 20.3. The molecule has 0 aromatic carbocycles. The molecule has 0 fully saturated rings. The van der Waals surface area contributed by atoms with Gasteiger partial charge in [-0.05, 0) is 18.9 Å². The first-order valence-electron chi connectivity index (χ1n) is 17.1. The monoisotopic (exact) mass is 638 g/mol. The molecule has 0 N–H and O–H groups in total. The van der Waals surface area contributed by atoms with Gasteiger partial charge in [0.2, 0.25) is 5.51 Å². The predicted molar refractivity (Wildman–Crippen MR) is 179 cm³/mol. The van der Waals surface area contributed by atoms with Gasteiger partial charge in [-0.2, -0.15) is 4.57 Å². The van der Waals surface area contributed by atoms with Gasteiger partial charge < -0.3 is 14.2 Å². The van der Waals surface area contributed by atoms with E-state index in [1.807, 2.05) is 11.6 Å². The summed E-state index contributed by atoms with van der Waals surface area (Å²) < 4.78 is 32.9. The van der Waals surface area contributed by atoms with Crippen molar-refractivity contribution in [1.29, 1.82) is 0 Å². The third-order valence-electron chi connectivity index (χ3n) is 7.63. The van der Waals surface area contributed by atoms with Gasteiger partial charge in [0.1, 0.15) is 6.10 Å². The Hall–Kier alpha value is -1.42. The fraction of sp³-hybridized carbons (Fsp3) is 0.794. The van der Waals surface area contributed by atoms with E-state index >= 15 is 0 Å². The minimum Gasteiger partial charge on any atom is -0.457 e. The second-order valence-corrected chi connectivity index (χ2v) is 13.9. The minimum atomic E-state index is -1.04. The second kappa shape index (κ2) is 26.9. The van der Waals surface area contributed by atoms with Gasteiger partial charge in [-0.15, -0.1) is 0 Å². The van der Waals surface area contributed by atoms with Crippen LogP contribution in [0, 0.1) is 0 Å². The smallest absolute Gasteiger partial charge is 0.316 e. The summed E-state index contributed by atoms with van der Waals surface area (Å²) in [5, 5.41) is 2.04. The molecule has 43 heavy (non-hydrogen) atoms. The summed E-state index contributed by atoms with van der Waals surface area (Å²) in [5.41, 5.74) is 2.06. The fourth-order valence-corrected chi connectivity index (χ4v) is 6.95. The van der Waals surface area contributed by atoms with Crippen molar-refractivity contribution in [2.45, 2.75) is 142 Å². The summed E-state index contributed by atoms with van der Waals surface area (Å²) in [6.07, 6.45) is 28.4. The number of hydrogen-bond donors (Lipinski definition) is 0. The average Bonchev–Trinajstić information content (AvgIpc) is 3.56. The lowest BCUT2D eigenvalue weighted by Gasteiger charge is -2.18. The van der Waals surface area contributed by atoms with Gasteiger partial charge in [0.25, 0.3) is 6.23 Å². The molecule has 0 bridgehead atoms. The van der Waals surface area contributed by atoms with E-state index in [9.17, 15) is 4.21 Å². The van der Waals surface area contributed by atoms with Gasteiger partial charge in [-0.25, -0.2) is 9.97 Å². The van der Waals surface area contributed by atoms with Crippen LogP contribution in [0.3, 0.4) is 0 Å². The molecule has 0 saturated carbocycles. The Balaban J connectivity index is 1.50. The Morgan fingerprint density at radius 1 is 0.814 bits per heavy atom. The molecule has 2 aromatic heterocycles. The zero-order valence-electron chi connectivity index (χ0n) is 27.2. The Labute approximate surface area is 269 Å². The van der Waals surface area contributed by atoms with Crippen LogP contribution in [0.2, 0.25) is 0 Å². The van der Waals surface area contributed by atoms with E-state index in [0.29, 0.717) is 37.3 Å². The van der Waals surface area contributed by atoms with Crippen molar-refractivity contribution in [3.05, 3.63) is 35.5 Å². The Morgan fingerprint density at radius 3 is 1.98 bits per heavy atom. The molecule has 2 aromatic rings. The topological polar surface area (TPSA) is 74.4 Å². The number of thiazole rings is 1. The van der Waals surface area contributed by atoms with Crippen molar-refractivity contribution in [3.8, 4) is 6.01 Å². The maximum atomic E-state index is 12.9. The van der Waals surface area contributed by atoms with Crippen molar-refractivity contribution in [2.24, 2.45) is 0 Å². The Bertz CT molecular complexity index is 889. The van der Waals surface area contributed by atoms with Gasteiger partial charge in [-0.3, -0.25) is 4.21 Å². The van der Waals surface area contributed by atoms with Crippen LogP contribution < -0.4 is 9.30 Å². The molecule has 2 heterocycles. The Morgan fingerprint density at radius 2 is 1.42 bits per heavy atom. The summed E-state index contributed by atoms with van der Waals surface area (Å²) in [6.45, 7) is 6.07. The number of hydrogen-bond acceptors (Lipinski definition) is 7. The van der Waals surface area contributed by atoms with Gasteiger partial charge in [0.05, 0.1) is 24.3 Å². The highest BCUT2D eigenvalue weighted by atomic mass is 32.2. The minimum absolute atomic E-state index is 0.0314. The zero-order chi connectivity index (χ0) is 30.6. The van der Waals surface area contributed by atoms with E-state index in [0.717, 1.165) is 19.3 Å². The molecule has 246 valence electrons. The van der Waals surface area contributed by atoms with Gasteiger partial charge in [0, 0.05) is 42.0 Å². The summed E-state index contributed by atoms with van der Waals surface area (Å²) >= 11 is 1.65. The molecule has 0 aliphatic carbocycles. The van der Waals surface area contributed by atoms with Crippen molar-refractivity contribution in [2.75, 3.05) is 31.3 Å². The zero-order valence-corrected chi connectivity index (χ0v) is 28.8. The van der Waals surface area contributed by atoms with Gasteiger partial charge in [0.15, 0.2) is 6.20 Å². The van der Waals surface area contributed by atoms with E-state index in [1.54, 1.807) is 29.8 Å². The van der Waals surface area contributed by atoms with Crippen molar-refractivity contribution in [1.82, 2.24) is 9.97 Å². The molecule has 0 aliphatic heterocycles. The quantitative estimate of drug-likeness (QED) is 0.0630. The lowest BCUT2D eigenvalue weighted by Crippen LogP contribution is -2.38. The first-order chi connectivity index (χ1) is 21.2.